The molecule has 20 heteroatoms. The molecule has 0 fully saturated rings. The molecule has 0 unspecified atom stereocenters. The van der Waals surface area contributed by atoms with Crippen LogP contribution in [0.1, 0.15) is 139 Å². The van der Waals surface area contributed by atoms with Crippen LogP contribution in [0.2, 0.25) is 0 Å². The topological polar surface area (TPSA) is 405 Å². The summed E-state index contributed by atoms with van der Waals surface area (Å²) in [7, 11) is 0. The number of hydrogen-bond donors (Lipinski definition) is 20. The molecule has 0 aromatic heterocycles. The molecule has 0 spiro atoms. The lowest BCUT2D eigenvalue weighted by molar-refractivity contribution is 0.401. The van der Waals surface area contributed by atoms with Crippen molar-refractivity contribution in [2.24, 2.45) is 0 Å². The molecule has 12 aromatic carbocycles. The number of benzene rings is 12. The van der Waals surface area contributed by atoms with E-state index in [-0.39, 0.29) is 121 Å². The van der Waals surface area contributed by atoms with E-state index in [1.165, 1.54) is 84.9 Å². The van der Waals surface area contributed by atoms with Gasteiger partial charge in [-0.1, -0.05) is 89.5 Å². The van der Waals surface area contributed by atoms with Crippen molar-refractivity contribution < 1.29 is 102 Å². The quantitative estimate of drug-likeness (QED) is 0.0335. The Morgan fingerprint density at radius 1 is 0.194 bits per heavy atom. The minimum atomic E-state index is -0.381. The SMILES string of the molecule is Cc1cc(Cc2cc(O)c(O)cc2C)c(O)c(Cc2cc(O)c(O)cc2C)c1.Cc1cc(Cc2ccc(O)c(C)c2O)c(O)c(Cc2ccc(O)c(C)c2O)c1.Cc1cc(Cc2ccc(O)cc2O)c(O)c(Cc2ccc(O)cc2O)c1.Cc1cc(O)c(O)cc1C(c1ccc(O)cc1)c1cc(O)c(O)cc1C. The number of rotatable bonds is 15. The average Bonchev–Trinajstić information content (AvgIpc) is 0.787. The van der Waals surface area contributed by atoms with Gasteiger partial charge in [-0.2, -0.15) is 0 Å². The van der Waals surface area contributed by atoms with Gasteiger partial charge >= 0.3 is 0 Å². The largest absolute Gasteiger partial charge is 0.508 e. The number of aryl methyl sites for hydroxylation is 7. The first-order valence-electron chi connectivity index (χ1n) is 34.3. The third-order valence-corrected chi connectivity index (χ3v) is 19.1. The Bertz CT molecular complexity index is 5000. The van der Waals surface area contributed by atoms with Gasteiger partial charge in [0.2, 0.25) is 0 Å². The second-order valence-electron chi connectivity index (χ2n) is 27.4. The molecule has 0 saturated heterocycles. The molecule has 0 aliphatic heterocycles. The van der Waals surface area contributed by atoms with E-state index in [1.54, 1.807) is 62.4 Å². The van der Waals surface area contributed by atoms with E-state index < -0.39 is 0 Å². The highest BCUT2D eigenvalue weighted by molar-refractivity contribution is 5.61. The number of phenolic OH excluding ortho intramolecular Hbond substituents is 20. The third-order valence-electron chi connectivity index (χ3n) is 19.1. The van der Waals surface area contributed by atoms with Crippen molar-refractivity contribution in [1.82, 2.24) is 0 Å². The Hall–Kier alpha value is -13.4. The maximum absolute atomic E-state index is 10.8. The van der Waals surface area contributed by atoms with E-state index in [1.807, 2.05) is 84.9 Å². The lowest BCUT2D eigenvalue weighted by Crippen LogP contribution is -2.07. The lowest BCUT2D eigenvalue weighted by atomic mass is 9.81. The highest BCUT2D eigenvalue weighted by Crippen LogP contribution is 2.45. The van der Waals surface area contributed by atoms with Crippen molar-refractivity contribution in [2.45, 2.75) is 107 Å². The van der Waals surface area contributed by atoms with Crippen LogP contribution in [0.3, 0.4) is 0 Å². The highest BCUT2D eigenvalue weighted by Gasteiger charge is 2.25. The standard InChI is InChI=1S/2C23H24O5.2C21H20O5/c1-12-4-17(8-15-10-21(26)19(24)6-13(15)2)23(28)18(5-12)9-16-11-22(27)20(25)7-14(16)3;1-12-8-17(10-15-4-6-19(24)13(2)21(15)26)23(28)18(9-12)11-16-5-7-20(25)14(3)22(16)27;1-11-7-17(23)19(25)9-15(11)21(13-3-5-14(22)6-4-13)16-10-20(26)18(24)8-12(16)2;1-12-6-15(8-13-2-4-17(22)10-19(13)24)21(26)16(7-12)9-14-3-5-18(23)11-20(14)25/h4-7,10-11,24-28H,8-9H2,1-3H3;4-9,24-28H,10-11H2,1-3H3;3-10,21-26H,1-2H3;2-7,10-11,22-26H,8-9H2,1H3. The Morgan fingerprint density at radius 2 is 0.454 bits per heavy atom. The van der Waals surface area contributed by atoms with Crippen LogP contribution in [0.25, 0.3) is 0 Å². The van der Waals surface area contributed by atoms with E-state index in [2.05, 4.69) is 0 Å². The maximum atomic E-state index is 10.8. The zero-order valence-electron chi connectivity index (χ0n) is 60.9. The molecular formula is C88H88O20. The van der Waals surface area contributed by atoms with Crippen LogP contribution in [-0.4, -0.2) is 102 Å². The minimum absolute atomic E-state index is 0.00857. The average molecular weight is 1470 g/mol. The molecule has 0 aliphatic carbocycles. The molecule has 0 heterocycles. The number of phenols is 20. The van der Waals surface area contributed by atoms with Crippen LogP contribution in [0.15, 0.2) is 170 Å². The fourth-order valence-electron chi connectivity index (χ4n) is 13.1. The molecule has 20 N–H and O–H groups in total. The van der Waals surface area contributed by atoms with Crippen molar-refractivity contribution in [3.05, 3.63) is 303 Å². The van der Waals surface area contributed by atoms with E-state index in [4.69, 9.17) is 0 Å². The van der Waals surface area contributed by atoms with Gasteiger partial charge in [0.25, 0.3) is 0 Å². The molecular weight excluding hydrogens is 1380 g/mol. The Labute approximate surface area is 624 Å². The van der Waals surface area contributed by atoms with Gasteiger partial charge in [-0.25, -0.2) is 0 Å². The smallest absolute Gasteiger partial charge is 0.157 e. The van der Waals surface area contributed by atoms with Gasteiger partial charge < -0.3 is 102 Å². The molecule has 0 radical (unpaired) electrons. The zero-order chi connectivity index (χ0) is 79.0. The normalized spacial score (nSPS) is 10.9. The number of aromatic hydroxyl groups is 20. The van der Waals surface area contributed by atoms with Gasteiger partial charge in [0.05, 0.1) is 0 Å². The highest BCUT2D eigenvalue weighted by atomic mass is 16.3. The predicted molar refractivity (Wildman–Crippen MR) is 411 cm³/mol. The zero-order valence-corrected chi connectivity index (χ0v) is 60.9. The summed E-state index contributed by atoms with van der Waals surface area (Å²) in [6.45, 7) is 16.3. The van der Waals surface area contributed by atoms with E-state index in [9.17, 15) is 102 Å². The van der Waals surface area contributed by atoms with Gasteiger partial charge in [-0.3, -0.25) is 0 Å². The lowest BCUT2D eigenvalue weighted by Gasteiger charge is -2.23. The monoisotopic (exact) mass is 1460 g/mol. The summed E-state index contributed by atoms with van der Waals surface area (Å²) >= 11 is 0. The van der Waals surface area contributed by atoms with Crippen molar-refractivity contribution in [1.29, 1.82) is 0 Å². The first-order valence-corrected chi connectivity index (χ1v) is 34.3. The van der Waals surface area contributed by atoms with E-state index in [0.29, 0.717) is 105 Å². The summed E-state index contributed by atoms with van der Waals surface area (Å²) in [5.74, 6) is -1.59. The van der Waals surface area contributed by atoms with Gasteiger partial charge in [-0.05, 0) is 253 Å². The molecule has 20 nitrogen and oxygen atoms in total. The van der Waals surface area contributed by atoms with Crippen LogP contribution in [0.4, 0.5) is 0 Å². The molecule has 0 atom stereocenters. The summed E-state index contributed by atoms with van der Waals surface area (Å²) in [5, 5.41) is 199. The fraction of sp³-hybridized carbons (Fsp3) is 0.182. The Morgan fingerprint density at radius 3 is 0.769 bits per heavy atom. The van der Waals surface area contributed by atoms with Crippen molar-refractivity contribution in [3.63, 3.8) is 0 Å². The first kappa shape index (κ1) is 78.8. The molecule has 0 amide bonds. The van der Waals surface area contributed by atoms with Crippen LogP contribution in [0, 0.1) is 62.3 Å². The molecule has 12 rings (SSSR count). The summed E-state index contributed by atoms with van der Waals surface area (Å²) in [5.41, 5.74) is 17.1. The second-order valence-corrected chi connectivity index (χ2v) is 27.4. The molecule has 0 aliphatic rings. The van der Waals surface area contributed by atoms with Crippen molar-refractivity contribution >= 4 is 0 Å². The van der Waals surface area contributed by atoms with Gasteiger partial charge in [0.15, 0.2) is 46.0 Å². The summed E-state index contributed by atoms with van der Waals surface area (Å²) < 4.78 is 0. The summed E-state index contributed by atoms with van der Waals surface area (Å²) in [6.07, 6.45) is 2.00. The third kappa shape index (κ3) is 18.6. The van der Waals surface area contributed by atoms with Gasteiger partial charge in [0.1, 0.15) is 69.0 Å². The molecule has 0 bridgehead atoms. The van der Waals surface area contributed by atoms with E-state index >= 15 is 0 Å². The van der Waals surface area contributed by atoms with Gasteiger partial charge in [0, 0.05) is 67.7 Å². The second kappa shape index (κ2) is 33.2. The first-order chi connectivity index (χ1) is 50.9. The Balaban J connectivity index is 0.000000166. The molecule has 560 valence electrons. The minimum Gasteiger partial charge on any atom is -0.508 e. The maximum Gasteiger partial charge on any atom is 0.157 e. The fourth-order valence-corrected chi connectivity index (χ4v) is 13.1. The molecule has 108 heavy (non-hydrogen) atoms. The van der Waals surface area contributed by atoms with Crippen LogP contribution < -0.4 is 0 Å². The molecule has 0 saturated carbocycles. The van der Waals surface area contributed by atoms with Gasteiger partial charge in [-0.15, -0.1) is 0 Å². The van der Waals surface area contributed by atoms with Crippen LogP contribution >= 0.6 is 0 Å². The Kier molecular flexibility index (Phi) is 24.2. The number of hydrogen-bond acceptors (Lipinski definition) is 20. The predicted octanol–water partition coefficient (Wildman–Crippen LogP) is 16.4. The summed E-state index contributed by atoms with van der Waals surface area (Å²) in [6, 6.07) is 44.8. The summed E-state index contributed by atoms with van der Waals surface area (Å²) in [4.78, 5) is 0. The van der Waals surface area contributed by atoms with Crippen LogP contribution in [-0.2, 0) is 38.5 Å². The van der Waals surface area contributed by atoms with Crippen LogP contribution in [0.5, 0.6) is 115 Å². The van der Waals surface area contributed by atoms with Crippen molar-refractivity contribution in [2.75, 3.05) is 0 Å². The van der Waals surface area contributed by atoms with E-state index in [0.717, 1.165) is 66.8 Å². The molecule has 12 aromatic rings. The van der Waals surface area contributed by atoms with Crippen molar-refractivity contribution in [3.8, 4) is 115 Å².